The number of pyridine rings is 1. The van der Waals surface area contributed by atoms with Crippen LogP contribution in [-0.2, 0) is 6.42 Å². The fourth-order valence-electron chi connectivity index (χ4n) is 1.48. The summed E-state index contributed by atoms with van der Waals surface area (Å²) in [7, 11) is 0. The first-order chi connectivity index (χ1) is 7.78. The number of hydrogen-bond donors (Lipinski definition) is 0. The van der Waals surface area contributed by atoms with Gasteiger partial charge in [-0.1, -0.05) is 23.7 Å². The molecule has 0 unspecified atom stereocenters. The Morgan fingerprint density at radius 2 is 1.88 bits per heavy atom. The van der Waals surface area contributed by atoms with Crippen LogP contribution in [0.5, 0.6) is 0 Å². The van der Waals surface area contributed by atoms with Gasteiger partial charge >= 0.3 is 0 Å². The largest absolute Gasteiger partial charge is 0.246 e. The molecule has 16 heavy (non-hydrogen) atoms. The van der Waals surface area contributed by atoms with Gasteiger partial charge in [0, 0.05) is 11.2 Å². The van der Waals surface area contributed by atoms with Crippen LogP contribution >= 0.6 is 11.6 Å². The summed E-state index contributed by atoms with van der Waals surface area (Å²) in [5.41, 5.74) is 2.69. The van der Waals surface area contributed by atoms with Crippen molar-refractivity contribution in [3.8, 4) is 6.07 Å². The number of halogens is 1. The van der Waals surface area contributed by atoms with Crippen molar-refractivity contribution in [2.75, 3.05) is 0 Å². The zero-order chi connectivity index (χ0) is 11.4. The van der Waals surface area contributed by atoms with Gasteiger partial charge in [0.25, 0.3) is 0 Å². The van der Waals surface area contributed by atoms with E-state index in [1.807, 2.05) is 36.4 Å². The molecule has 0 saturated carbocycles. The maximum atomic E-state index is 8.73. The summed E-state index contributed by atoms with van der Waals surface area (Å²) in [5.74, 6) is 0. The monoisotopic (exact) mass is 228 g/mol. The summed E-state index contributed by atoms with van der Waals surface area (Å²) < 4.78 is 0. The summed E-state index contributed by atoms with van der Waals surface area (Å²) >= 11 is 5.81. The third-order valence-corrected chi connectivity index (χ3v) is 2.51. The lowest BCUT2D eigenvalue weighted by Crippen LogP contribution is -1.90. The van der Waals surface area contributed by atoms with Gasteiger partial charge in [-0.25, -0.2) is 4.98 Å². The molecule has 78 valence electrons. The molecule has 0 N–H and O–H groups in total. The zero-order valence-corrected chi connectivity index (χ0v) is 9.28. The van der Waals surface area contributed by atoms with Crippen molar-refractivity contribution in [1.29, 1.82) is 5.26 Å². The molecule has 2 rings (SSSR count). The van der Waals surface area contributed by atoms with Crippen LogP contribution in [0.2, 0.25) is 5.02 Å². The van der Waals surface area contributed by atoms with E-state index < -0.39 is 0 Å². The second-order valence-corrected chi connectivity index (χ2v) is 3.90. The van der Waals surface area contributed by atoms with E-state index in [1.54, 1.807) is 12.3 Å². The summed E-state index contributed by atoms with van der Waals surface area (Å²) in [6.45, 7) is 0. The van der Waals surface area contributed by atoms with Gasteiger partial charge in [-0.05, 0) is 41.8 Å². The lowest BCUT2D eigenvalue weighted by Gasteiger charge is -2.01. The molecule has 3 heteroatoms. The standard InChI is InChI=1S/C13H9ClN2/c14-12-3-1-10(2-4-12)7-11-5-6-16-13(8-11)9-15/h1-6,8H,7H2. The van der Waals surface area contributed by atoms with Crippen LogP contribution in [-0.4, -0.2) is 4.98 Å². The van der Waals surface area contributed by atoms with Crippen molar-refractivity contribution in [3.05, 3.63) is 64.4 Å². The highest BCUT2D eigenvalue weighted by molar-refractivity contribution is 6.30. The number of nitriles is 1. The number of aromatic nitrogens is 1. The first-order valence-electron chi connectivity index (χ1n) is 4.87. The van der Waals surface area contributed by atoms with Crippen LogP contribution in [0.1, 0.15) is 16.8 Å². The summed E-state index contributed by atoms with van der Waals surface area (Å²) in [6.07, 6.45) is 2.44. The number of rotatable bonds is 2. The molecule has 0 aliphatic rings. The molecule has 1 heterocycles. The second kappa shape index (κ2) is 4.78. The van der Waals surface area contributed by atoms with Crippen molar-refractivity contribution in [3.63, 3.8) is 0 Å². The molecule has 0 atom stereocenters. The molecule has 0 spiro atoms. The average molecular weight is 229 g/mol. The van der Waals surface area contributed by atoms with E-state index in [-0.39, 0.29) is 0 Å². The Morgan fingerprint density at radius 3 is 2.56 bits per heavy atom. The van der Waals surface area contributed by atoms with Crippen molar-refractivity contribution in [2.24, 2.45) is 0 Å². The number of hydrogen-bond acceptors (Lipinski definition) is 2. The van der Waals surface area contributed by atoms with Crippen LogP contribution in [0.25, 0.3) is 0 Å². The fraction of sp³-hybridized carbons (Fsp3) is 0.0769. The van der Waals surface area contributed by atoms with E-state index in [2.05, 4.69) is 4.98 Å². The van der Waals surface area contributed by atoms with E-state index in [4.69, 9.17) is 16.9 Å². The highest BCUT2D eigenvalue weighted by atomic mass is 35.5. The Labute approximate surface area is 99.1 Å². The quantitative estimate of drug-likeness (QED) is 0.792. The number of benzene rings is 1. The normalized spacial score (nSPS) is 9.75. The Kier molecular flexibility index (Phi) is 3.19. The zero-order valence-electron chi connectivity index (χ0n) is 8.52. The van der Waals surface area contributed by atoms with Gasteiger partial charge in [0.1, 0.15) is 11.8 Å². The van der Waals surface area contributed by atoms with Crippen LogP contribution in [0.3, 0.4) is 0 Å². The summed E-state index contributed by atoms with van der Waals surface area (Å²) in [6, 6.07) is 13.4. The molecule has 2 nitrogen and oxygen atoms in total. The van der Waals surface area contributed by atoms with Crippen molar-refractivity contribution in [1.82, 2.24) is 4.98 Å². The van der Waals surface area contributed by atoms with Crippen molar-refractivity contribution in [2.45, 2.75) is 6.42 Å². The van der Waals surface area contributed by atoms with E-state index in [1.165, 1.54) is 5.56 Å². The molecule has 0 amide bonds. The van der Waals surface area contributed by atoms with Crippen LogP contribution < -0.4 is 0 Å². The lowest BCUT2D eigenvalue weighted by molar-refractivity contribution is 1.15. The minimum atomic E-state index is 0.450. The summed E-state index contributed by atoms with van der Waals surface area (Å²) in [5, 5.41) is 9.47. The average Bonchev–Trinajstić information content (AvgIpc) is 2.32. The van der Waals surface area contributed by atoms with Crippen LogP contribution in [0.15, 0.2) is 42.6 Å². The van der Waals surface area contributed by atoms with Gasteiger partial charge in [-0.3, -0.25) is 0 Å². The molecule has 1 aromatic carbocycles. The predicted molar refractivity (Wildman–Crippen MR) is 63.2 cm³/mol. The Balaban J connectivity index is 2.21. The van der Waals surface area contributed by atoms with Crippen LogP contribution in [0.4, 0.5) is 0 Å². The topological polar surface area (TPSA) is 36.7 Å². The van der Waals surface area contributed by atoms with E-state index in [9.17, 15) is 0 Å². The van der Waals surface area contributed by atoms with Gasteiger partial charge in [-0.2, -0.15) is 5.26 Å². The first-order valence-corrected chi connectivity index (χ1v) is 5.25. The highest BCUT2D eigenvalue weighted by Crippen LogP contribution is 2.13. The minimum Gasteiger partial charge on any atom is -0.246 e. The smallest absolute Gasteiger partial charge is 0.140 e. The number of nitrogens with zero attached hydrogens (tertiary/aromatic N) is 2. The third-order valence-electron chi connectivity index (χ3n) is 2.26. The molecule has 0 aliphatic carbocycles. The van der Waals surface area contributed by atoms with E-state index >= 15 is 0 Å². The predicted octanol–water partition coefficient (Wildman–Crippen LogP) is 3.20. The van der Waals surface area contributed by atoms with Crippen molar-refractivity contribution < 1.29 is 0 Å². The maximum Gasteiger partial charge on any atom is 0.140 e. The Morgan fingerprint density at radius 1 is 1.12 bits per heavy atom. The fourth-order valence-corrected chi connectivity index (χ4v) is 1.61. The highest BCUT2D eigenvalue weighted by Gasteiger charge is 1.98. The molecule has 0 saturated heterocycles. The van der Waals surface area contributed by atoms with Gasteiger partial charge in [0.05, 0.1) is 0 Å². The maximum absolute atomic E-state index is 8.73. The van der Waals surface area contributed by atoms with Gasteiger partial charge in [0.15, 0.2) is 0 Å². The third kappa shape index (κ3) is 2.59. The summed E-state index contributed by atoms with van der Waals surface area (Å²) in [4.78, 5) is 3.93. The van der Waals surface area contributed by atoms with Crippen LogP contribution in [0, 0.1) is 11.3 Å². The molecule has 0 bridgehead atoms. The van der Waals surface area contributed by atoms with E-state index in [0.29, 0.717) is 5.69 Å². The SMILES string of the molecule is N#Cc1cc(Cc2ccc(Cl)cc2)ccn1. The minimum absolute atomic E-state index is 0.450. The first kappa shape index (κ1) is 10.7. The molecule has 0 fully saturated rings. The molecular weight excluding hydrogens is 220 g/mol. The van der Waals surface area contributed by atoms with Gasteiger partial charge < -0.3 is 0 Å². The van der Waals surface area contributed by atoms with Gasteiger partial charge in [0.2, 0.25) is 0 Å². The molecule has 0 radical (unpaired) electrons. The molecule has 0 aliphatic heterocycles. The molecular formula is C13H9ClN2. The molecule has 1 aromatic heterocycles. The lowest BCUT2D eigenvalue weighted by atomic mass is 10.1. The van der Waals surface area contributed by atoms with Gasteiger partial charge in [-0.15, -0.1) is 0 Å². The van der Waals surface area contributed by atoms with Crippen molar-refractivity contribution >= 4 is 11.6 Å². The Bertz CT molecular complexity index is 526. The Hall–Kier alpha value is -1.85. The molecule has 2 aromatic rings. The second-order valence-electron chi connectivity index (χ2n) is 3.46. The van der Waals surface area contributed by atoms with E-state index in [0.717, 1.165) is 17.0 Å².